The zero-order chi connectivity index (χ0) is 22.0. The molecule has 0 aromatic heterocycles. The number of esters is 1. The summed E-state index contributed by atoms with van der Waals surface area (Å²) >= 11 is 0. The van der Waals surface area contributed by atoms with Gasteiger partial charge in [0, 0.05) is 12.1 Å². The van der Waals surface area contributed by atoms with Gasteiger partial charge in [-0.2, -0.15) is 0 Å². The van der Waals surface area contributed by atoms with Gasteiger partial charge in [0.2, 0.25) is 11.8 Å². The number of nitrogens with zero attached hydrogens (tertiary/aromatic N) is 2. The second-order valence-electron chi connectivity index (χ2n) is 7.29. The molecule has 3 atom stereocenters. The van der Waals surface area contributed by atoms with Gasteiger partial charge in [-0.05, 0) is 32.3 Å². The van der Waals surface area contributed by atoms with E-state index < -0.39 is 53.1 Å². The number of benzene rings is 1. The van der Waals surface area contributed by atoms with Gasteiger partial charge < -0.3 is 10.1 Å². The molecule has 30 heavy (non-hydrogen) atoms. The second kappa shape index (κ2) is 8.44. The van der Waals surface area contributed by atoms with Crippen molar-refractivity contribution in [3.63, 3.8) is 0 Å². The molecular formula is C20H21N3O7. The van der Waals surface area contributed by atoms with E-state index in [4.69, 9.17) is 4.74 Å². The molecule has 0 spiro atoms. The number of nitrogens with one attached hydrogen (secondary N) is 1. The number of fused-ring (bicyclic) bond motifs is 1. The van der Waals surface area contributed by atoms with E-state index in [1.54, 1.807) is 6.92 Å². The van der Waals surface area contributed by atoms with E-state index in [0.717, 1.165) is 4.90 Å². The molecule has 10 nitrogen and oxygen atoms in total. The number of nitro benzene ring substituents is 1. The van der Waals surface area contributed by atoms with Crippen molar-refractivity contribution in [3.8, 4) is 0 Å². The smallest absolute Gasteiger partial charge is 0.329 e. The molecule has 3 rings (SSSR count). The maximum Gasteiger partial charge on any atom is 0.329 e. The van der Waals surface area contributed by atoms with E-state index in [0.29, 0.717) is 18.4 Å². The van der Waals surface area contributed by atoms with Crippen molar-refractivity contribution in [3.05, 3.63) is 46.0 Å². The Balaban J connectivity index is 1.58. The number of hydrogen-bond acceptors (Lipinski definition) is 7. The Morgan fingerprint density at radius 1 is 1.23 bits per heavy atom. The molecule has 0 radical (unpaired) electrons. The highest BCUT2D eigenvalue weighted by Gasteiger charge is 2.50. The number of hydrogen-bond donors (Lipinski definition) is 1. The minimum absolute atomic E-state index is 0.191. The molecule has 1 fully saturated rings. The van der Waals surface area contributed by atoms with Crippen molar-refractivity contribution in [1.29, 1.82) is 0 Å². The van der Waals surface area contributed by atoms with E-state index >= 15 is 0 Å². The number of nitro groups is 1. The molecule has 3 amide bonds. The number of ether oxygens (including phenoxy) is 1. The predicted octanol–water partition coefficient (Wildman–Crippen LogP) is 1.72. The lowest BCUT2D eigenvalue weighted by atomic mass is 9.85. The molecule has 158 valence electrons. The molecular weight excluding hydrogens is 394 g/mol. The SMILES string of the molecule is Cc1ccc([N+](=O)[O-])cc1NC(=O)COC(=O)[C@H](C)N1C(=O)[C@H]2CC=CC[C@@H]2C1=O. The van der Waals surface area contributed by atoms with Crippen LogP contribution in [0.4, 0.5) is 11.4 Å². The van der Waals surface area contributed by atoms with Gasteiger partial charge in [0.25, 0.3) is 11.6 Å². The summed E-state index contributed by atoms with van der Waals surface area (Å²) < 4.78 is 4.97. The monoisotopic (exact) mass is 415 g/mol. The molecule has 0 bridgehead atoms. The molecule has 0 unspecified atom stereocenters. The number of allylic oxidation sites excluding steroid dienone is 2. The molecule has 1 aliphatic heterocycles. The predicted molar refractivity (Wildman–Crippen MR) is 104 cm³/mol. The lowest BCUT2D eigenvalue weighted by molar-refractivity contribution is -0.384. The van der Waals surface area contributed by atoms with E-state index in [-0.39, 0.29) is 11.4 Å². The average molecular weight is 415 g/mol. The fraction of sp³-hybridized carbons (Fsp3) is 0.400. The van der Waals surface area contributed by atoms with Crippen LogP contribution in [0.15, 0.2) is 30.4 Å². The minimum Gasteiger partial charge on any atom is -0.454 e. The third kappa shape index (κ3) is 4.07. The van der Waals surface area contributed by atoms with Gasteiger partial charge in [-0.25, -0.2) is 4.79 Å². The number of carbonyl (C=O) groups is 4. The topological polar surface area (TPSA) is 136 Å². The summed E-state index contributed by atoms with van der Waals surface area (Å²) in [7, 11) is 0. The summed E-state index contributed by atoms with van der Waals surface area (Å²) in [6.45, 7) is 2.38. The Kier molecular flexibility index (Phi) is 5.95. The number of imide groups is 1. The lowest BCUT2D eigenvalue weighted by Gasteiger charge is -2.21. The van der Waals surface area contributed by atoms with Crippen molar-refractivity contribution in [2.75, 3.05) is 11.9 Å². The second-order valence-corrected chi connectivity index (χ2v) is 7.29. The summed E-state index contributed by atoms with van der Waals surface area (Å²) in [5.41, 5.74) is 0.626. The fourth-order valence-electron chi connectivity index (χ4n) is 3.61. The van der Waals surface area contributed by atoms with Gasteiger partial charge in [-0.3, -0.25) is 29.4 Å². The first-order chi connectivity index (χ1) is 14.2. The highest BCUT2D eigenvalue weighted by Crippen LogP contribution is 2.36. The van der Waals surface area contributed by atoms with Crippen molar-refractivity contribution < 1.29 is 28.8 Å². The van der Waals surface area contributed by atoms with E-state index in [1.807, 2.05) is 12.2 Å². The fourth-order valence-corrected chi connectivity index (χ4v) is 3.61. The maximum atomic E-state index is 12.5. The van der Waals surface area contributed by atoms with Gasteiger partial charge in [0.05, 0.1) is 22.4 Å². The molecule has 2 aliphatic rings. The number of non-ortho nitro benzene ring substituents is 1. The van der Waals surface area contributed by atoms with Crippen molar-refractivity contribution in [2.45, 2.75) is 32.7 Å². The van der Waals surface area contributed by atoms with Crippen LogP contribution in [-0.2, 0) is 23.9 Å². The van der Waals surface area contributed by atoms with Crippen molar-refractivity contribution in [1.82, 2.24) is 4.90 Å². The highest BCUT2D eigenvalue weighted by molar-refractivity contribution is 6.08. The third-order valence-electron chi connectivity index (χ3n) is 5.32. The van der Waals surface area contributed by atoms with Crippen LogP contribution in [-0.4, -0.2) is 46.2 Å². The zero-order valence-electron chi connectivity index (χ0n) is 16.5. The third-order valence-corrected chi connectivity index (χ3v) is 5.32. The Bertz CT molecular complexity index is 930. The summed E-state index contributed by atoms with van der Waals surface area (Å²) in [4.78, 5) is 60.7. The number of rotatable bonds is 6. The van der Waals surface area contributed by atoms with Gasteiger partial charge >= 0.3 is 5.97 Å². The summed E-state index contributed by atoms with van der Waals surface area (Å²) in [5, 5.41) is 13.3. The lowest BCUT2D eigenvalue weighted by Crippen LogP contribution is -2.45. The number of amides is 3. The molecule has 1 heterocycles. The normalized spacial score (nSPS) is 21.2. The van der Waals surface area contributed by atoms with Gasteiger partial charge in [-0.15, -0.1) is 0 Å². The molecule has 1 aliphatic carbocycles. The van der Waals surface area contributed by atoms with Crippen LogP contribution in [0, 0.1) is 28.9 Å². The molecule has 1 N–H and O–H groups in total. The largest absolute Gasteiger partial charge is 0.454 e. The van der Waals surface area contributed by atoms with Gasteiger partial charge in [0.15, 0.2) is 6.61 Å². The highest BCUT2D eigenvalue weighted by atomic mass is 16.6. The molecule has 1 aromatic rings. The van der Waals surface area contributed by atoms with E-state index in [9.17, 15) is 29.3 Å². The minimum atomic E-state index is -1.15. The molecule has 1 aromatic carbocycles. The zero-order valence-corrected chi connectivity index (χ0v) is 16.5. The summed E-state index contributed by atoms with van der Waals surface area (Å²) in [6, 6.07) is 2.85. The first-order valence-electron chi connectivity index (χ1n) is 9.44. The Morgan fingerprint density at radius 2 is 1.83 bits per heavy atom. The maximum absolute atomic E-state index is 12.5. The van der Waals surface area contributed by atoms with Crippen LogP contribution in [0.1, 0.15) is 25.3 Å². The number of carbonyl (C=O) groups excluding carboxylic acids is 4. The standard InChI is InChI=1S/C20H21N3O7/c1-11-7-8-13(23(28)29)9-16(11)21-17(24)10-30-20(27)12(2)22-18(25)14-5-3-4-6-15(14)19(22)26/h3-4,7-9,12,14-15H,5-6,10H2,1-2H3,(H,21,24)/t12-,14-,15-/m0/s1. The van der Waals surface area contributed by atoms with Crippen molar-refractivity contribution >= 4 is 35.1 Å². The molecule has 0 saturated carbocycles. The van der Waals surface area contributed by atoms with Gasteiger partial charge in [0.1, 0.15) is 6.04 Å². The Labute approximate surface area is 172 Å². The quantitative estimate of drug-likeness (QED) is 0.246. The van der Waals surface area contributed by atoms with Crippen LogP contribution >= 0.6 is 0 Å². The summed E-state index contributed by atoms with van der Waals surface area (Å²) in [6.07, 6.45) is 4.61. The first-order valence-corrected chi connectivity index (χ1v) is 9.44. The number of aryl methyl sites for hydroxylation is 1. The van der Waals surface area contributed by atoms with Gasteiger partial charge in [-0.1, -0.05) is 18.2 Å². The van der Waals surface area contributed by atoms with Crippen LogP contribution in [0.3, 0.4) is 0 Å². The van der Waals surface area contributed by atoms with Crippen LogP contribution in [0.2, 0.25) is 0 Å². The molecule has 10 heteroatoms. The first kappa shape index (κ1) is 21.2. The van der Waals surface area contributed by atoms with E-state index in [2.05, 4.69) is 5.32 Å². The van der Waals surface area contributed by atoms with Crippen molar-refractivity contribution in [2.24, 2.45) is 11.8 Å². The van der Waals surface area contributed by atoms with Crippen LogP contribution < -0.4 is 5.32 Å². The number of anilines is 1. The molecule has 1 saturated heterocycles. The Hall–Kier alpha value is -3.56. The average Bonchev–Trinajstić information content (AvgIpc) is 2.97. The number of likely N-dealkylation sites (tertiary alicyclic amines) is 1. The van der Waals surface area contributed by atoms with E-state index in [1.165, 1.54) is 25.1 Å². The van der Waals surface area contributed by atoms with Crippen LogP contribution in [0.25, 0.3) is 0 Å². The van der Waals surface area contributed by atoms with Crippen LogP contribution in [0.5, 0.6) is 0 Å². The Morgan fingerprint density at radius 3 is 2.40 bits per heavy atom. The summed E-state index contributed by atoms with van der Waals surface area (Å²) in [5.74, 6) is -3.31.